The molecule has 0 N–H and O–H groups in total. The minimum atomic E-state index is -4.81. The second kappa shape index (κ2) is 8.11. The van der Waals surface area contributed by atoms with Crippen LogP contribution >= 0.6 is 11.6 Å². The van der Waals surface area contributed by atoms with Crippen molar-refractivity contribution in [3.05, 3.63) is 94.8 Å². The van der Waals surface area contributed by atoms with Crippen LogP contribution in [-0.2, 0) is 20.6 Å². The summed E-state index contributed by atoms with van der Waals surface area (Å²) in [6.07, 6.45) is -6.27. The molecule has 5 rings (SSSR count). The van der Waals surface area contributed by atoms with Crippen molar-refractivity contribution in [2.24, 2.45) is 5.92 Å². The van der Waals surface area contributed by atoms with E-state index in [-0.39, 0.29) is 10.6 Å². The van der Waals surface area contributed by atoms with Gasteiger partial charge in [-0.05, 0) is 36.4 Å². The van der Waals surface area contributed by atoms with Gasteiger partial charge in [0.1, 0.15) is 17.8 Å². The van der Waals surface area contributed by atoms with Crippen LogP contribution in [0.1, 0.15) is 17.2 Å². The number of benzene rings is 3. The van der Waals surface area contributed by atoms with Crippen LogP contribution in [0.5, 0.6) is 0 Å². The maximum Gasteiger partial charge on any atom is 0.418 e. The van der Waals surface area contributed by atoms with E-state index in [2.05, 4.69) is 0 Å². The number of hydrogen-bond acceptors (Lipinski definition) is 4. The second-order valence-corrected chi connectivity index (χ2v) is 8.23. The third kappa shape index (κ3) is 3.43. The molecule has 2 aliphatic heterocycles. The average molecular weight is 491 g/mol. The molecule has 0 saturated carbocycles. The number of amides is 2. The zero-order valence-corrected chi connectivity index (χ0v) is 17.9. The fourth-order valence-electron chi connectivity index (χ4n) is 4.45. The number of anilines is 2. The summed E-state index contributed by atoms with van der Waals surface area (Å²) in [4.78, 5) is 33.1. The van der Waals surface area contributed by atoms with Crippen molar-refractivity contribution < 1.29 is 32.0 Å². The molecular weight excluding hydrogens is 476 g/mol. The van der Waals surface area contributed by atoms with E-state index in [1.807, 2.05) is 0 Å². The number of nitrogens with zero attached hydrogens (tertiary/aromatic N) is 2. The van der Waals surface area contributed by atoms with Crippen LogP contribution in [0.25, 0.3) is 0 Å². The van der Waals surface area contributed by atoms with Gasteiger partial charge in [0.15, 0.2) is 6.10 Å². The monoisotopic (exact) mass is 490 g/mol. The summed E-state index contributed by atoms with van der Waals surface area (Å²) >= 11 is 6.29. The quantitative estimate of drug-likeness (QED) is 0.357. The van der Waals surface area contributed by atoms with Gasteiger partial charge in [0.05, 0.1) is 16.9 Å². The van der Waals surface area contributed by atoms with Gasteiger partial charge in [0, 0.05) is 10.6 Å². The molecule has 0 unspecified atom stereocenters. The lowest BCUT2D eigenvalue weighted by Gasteiger charge is -2.29. The van der Waals surface area contributed by atoms with E-state index in [4.69, 9.17) is 16.4 Å². The Labute approximate surface area is 196 Å². The van der Waals surface area contributed by atoms with Gasteiger partial charge < -0.3 is 0 Å². The fraction of sp³-hybridized carbons (Fsp3) is 0.167. The molecule has 2 saturated heterocycles. The van der Waals surface area contributed by atoms with Crippen LogP contribution in [0.4, 0.5) is 28.9 Å². The van der Waals surface area contributed by atoms with Crippen molar-refractivity contribution >= 4 is 34.8 Å². The van der Waals surface area contributed by atoms with E-state index >= 15 is 0 Å². The molecule has 2 aliphatic rings. The number of carbonyl (C=O) groups is 2. The lowest BCUT2D eigenvalue weighted by Crippen LogP contribution is -2.38. The number of carbonyl (C=O) groups excluding carboxylic acids is 2. The molecule has 3 aromatic carbocycles. The normalized spacial score (nSPS) is 22.4. The maximum absolute atomic E-state index is 15.0. The molecule has 0 aliphatic carbocycles. The Morgan fingerprint density at radius 1 is 0.853 bits per heavy atom. The molecule has 0 spiro atoms. The number of hydroxylamine groups is 1. The molecule has 34 heavy (non-hydrogen) atoms. The second-order valence-electron chi connectivity index (χ2n) is 7.82. The fourth-order valence-corrected chi connectivity index (χ4v) is 4.72. The standard InChI is InChI=1S/C24H15ClF4N2O3/c25-15-10-6-11-16(26)18(15)20-19-21(34-31(20)13-7-2-1-3-8-13)23(33)30(22(19)32)17-12-5-4-9-14(17)24(27,28)29/h1-12,19-21H/t19-,20+,21+/m0/s1. The summed E-state index contributed by atoms with van der Waals surface area (Å²) < 4.78 is 55.9. The van der Waals surface area contributed by atoms with Crippen molar-refractivity contribution in [1.29, 1.82) is 0 Å². The Bertz CT molecular complexity index is 1260. The largest absolute Gasteiger partial charge is 0.418 e. The topological polar surface area (TPSA) is 49.9 Å². The Balaban J connectivity index is 1.65. The molecule has 2 fully saturated rings. The minimum absolute atomic E-state index is 0.00966. The van der Waals surface area contributed by atoms with Gasteiger partial charge in [-0.3, -0.25) is 14.4 Å². The highest BCUT2D eigenvalue weighted by molar-refractivity contribution is 6.31. The number of halogens is 5. The predicted octanol–water partition coefficient (Wildman–Crippen LogP) is 5.55. The summed E-state index contributed by atoms with van der Waals surface area (Å²) in [7, 11) is 0. The first-order valence-corrected chi connectivity index (χ1v) is 10.6. The van der Waals surface area contributed by atoms with E-state index < -0.39 is 53.1 Å². The number of hydrogen-bond donors (Lipinski definition) is 0. The van der Waals surface area contributed by atoms with E-state index in [0.29, 0.717) is 10.6 Å². The Morgan fingerprint density at radius 2 is 1.53 bits per heavy atom. The van der Waals surface area contributed by atoms with Gasteiger partial charge in [-0.1, -0.05) is 48.0 Å². The third-order valence-corrected chi connectivity index (χ3v) is 6.20. The van der Waals surface area contributed by atoms with E-state index in [1.54, 1.807) is 30.3 Å². The first-order chi connectivity index (χ1) is 16.2. The van der Waals surface area contributed by atoms with Crippen molar-refractivity contribution in [3.8, 4) is 0 Å². The number of alkyl halides is 3. The lowest BCUT2D eigenvalue weighted by molar-refractivity contribution is -0.137. The van der Waals surface area contributed by atoms with E-state index in [9.17, 15) is 27.2 Å². The van der Waals surface area contributed by atoms with Crippen LogP contribution in [0.15, 0.2) is 72.8 Å². The van der Waals surface area contributed by atoms with Gasteiger partial charge in [0.25, 0.3) is 5.91 Å². The Morgan fingerprint density at radius 3 is 2.21 bits per heavy atom. The Kier molecular flexibility index (Phi) is 5.33. The number of para-hydroxylation sites is 2. The molecule has 0 aromatic heterocycles. The smallest absolute Gasteiger partial charge is 0.273 e. The van der Waals surface area contributed by atoms with Crippen molar-refractivity contribution in [3.63, 3.8) is 0 Å². The van der Waals surface area contributed by atoms with Crippen LogP contribution in [0.2, 0.25) is 5.02 Å². The lowest BCUT2D eigenvalue weighted by atomic mass is 9.90. The van der Waals surface area contributed by atoms with Crippen LogP contribution in [0, 0.1) is 11.7 Å². The van der Waals surface area contributed by atoms with Crippen molar-refractivity contribution in [2.45, 2.75) is 18.3 Å². The van der Waals surface area contributed by atoms with Crippen molar-refractivity contribution in [2.75, 3.05) is 9.96 Å². The summed E-state index contributed by atoms with van der Waals surface area (Å²) in [5.41, 5.74) is -1.42. The first kappa shape index (κ1) is 22.4. The Hall–Kier alpha value is -3.43. The molecule has 5 nitrogen and oxygen atoms in total. The molecular formula is C24H15ClF4N2O3. The van der Waals surface area contributed by atoms with Crippen molar-refractivity contribution in [1.82, 2.24) is 0 Å². The summed E-state index contributed by atoms with van der Waals surface area (Å²) in [6, 6.07) is 15.4. The molecule has 0 radical (unpaired) electrons. The van der Waals surface area contributed by atoms with E-state index in [0.717, 1.165) is 24.3 Å². The molecule has 174 valence electrons. The molecule has 3 atom stereocenters. The minimum Gasteiger partial charge on any atom is -0.273 e. The molecule has 2 heterocycles. The maximum atomic E-state index is 15.0. The zero-order valence-electron chi connectivity index (χ0n) is 17.2. The van der Waals surface area contributed by atoms with Gasteiger partial charge in [-0.2, -0.15) is 13.2 Å². The highest BCUT2D eigenvalue weighted by atomic mass is 35.5. The zero-order chi connectivity index (χ0) is 24.2. The van der Waals surface area contributed by atoms with Crippen LogP contribution < -0.4 is 9.96 Å². The van der Waals surface area contributed by atoms with Gasteiger partial charge >= 0.3 is 6.18 Å². The first-order valence-electron chi connectivity index (χ1n) is 10.2. The van der Waals surface area contributed by atoms with E-state index in [1.165, 1.54) is 23.3 Å². The number of imide groups is 1. The molecule has 0 bridgehead atoms. The number of fused-ring (bicyclic) bond motifs is 1. The van der Waals surface area contributed by atoms with Crippen LogP contribution in [-0.4, -0.2) is 17.9 Å². The highest BCUT2D eigenvalue weighted by Gasteiger charge is 2.61. The number of rotatable bonds is 3. The highest BCUT2D eigenvalue weighted by Crippen LogP contribution is 2.50. The SMILES string of the molecule is O=C1[C@H]2[C@@H](c3c(F)cccc3Cl)N(c3ccccc3)O[C@H]2C(=O)N1c1ccccc1C(F)(F)F. The average Bonchev–Trinajstić information content (AvgIpc) is 3.30. The van der Waals surface area contributed by atoms with Gasteiger partial charge in [-0.25, -0.2) is 14.4 Å². The van der Waals surface area contributed by atoms with Gasteiger partial charge in [0.2, 0.25) is 5.91 Å². The summed E-state index contributed by atoms with van der Waals surface area (Å²) in [6.45, 7) is 0. The predicted molar refractivity (Wildman–Crippen MR) is 115 cm³/mol. The molecule has 3 aromatic rings. The third-order valence-electron chi connectivity index (χ3n) is 5.87. The van der Waals surface area contributed by atoms with Gasteiger partial charge in [-0.15, -0.1) is 0 Å². The summed E-state index contributed by atoms with van der Waals surface area (Å²) in [5, 5.41) is 1.21. The molecule has 2 amide bonds. The van der Waals surface area contributed by atoms with Crippen LogP contribution in [0.3, 0.4) is 0 Å². The summed E-state index contributed by atoms with van der Waals surface area (Å²) in [5.74, 6) is -3.97. The molecule has 10 heteroatoms.